The van der Waals surface area contributed by atoms with Crippen molar-refractivity contribution in [2.75, 3.05) is 30.2 Å². The first-order chi connectivity index (χ1) is 21.2. The van der Waals surface area contributed by atoms with Crippen molar-refractivity contribution >= 4 is 69.6 Å². The zero-order valence-corrected chi connectivity index (χ0v) is 26.0. The van der Waals surface area contributed by atoms with Crippen LogP contribution in [0, 0.1) is 4.84 Å². The molecule has 0 fully saturated rings. The predicted molar refractivity (Wildman–Crippen MR) is 175 cm³/mol. The molecule has 226 valence electrons. The molecule has 5 rings (SSSR count). The summed E-state index contributed by atoms with van der Waals surface area (Å²) in [4.78, 5) is 15.0. The van der Waals surface area contributed by atoms with Crippen molar-refractivity contribution in [3.8, 4) is 17.4 Å². The van der Waals surface area contributed by atoms with Crippen LogP contribution in [0.25, 0.3) is 16.8 Å². The fraction of sp³-hybridized carbons (Fsp3) is 0.156. The number of rotatable bonds is 10. The lowest BCUT2D eigenvalue weighted by atomic mass is 10.1. The zero-order valence-electron chi connectivity index (χ0n) is 23.7. The number of anilines is 2. The van der Waals surface area contributed by atoms with E-state index in [1.54, 1.807) is 19.3 Å². The minimum Gasteiger partial charge on any atom is -0.497 e. The number of carboxylic acids is 1. The van der Waals surface area contributed by atoms with E-state index >= 15 is 0 Å². The van der Waals surface area contributed by atoms with Crippen molar-refractivity contribution in [2.45, 2.75) is 13.5 Å². The summed E-state index contributed by atoms with van der Waals surface area (Å²) in [6.45, 7) is 2.37. The normalized spacial score (nSPS) is 13.4. The number of oxazole rings is 1. The van der Waals surface area contributed by atoms with Crippen molar-refractivity contribution in [3.05, 3.63) is 105 Å². The van der Waals surface area contributed by atoms with E-state index in [1.807, 2.05) is 72.5 Å². The summed E-state index contributed by atoms with van der Waals surface area (Å²) in [6.07, 6.45) is 8.48. The second-order valence-electron chi connectivity index (χ2n) is 9.47. The van der Waals surface area contributed by atoms with E-state index in [9.17, 15) is 9.90 Å². The molecule has 0 saturated heterocycles. The Kier molecular flexibility index (Phi) is 9.37. The Bertz CT molecular complexity index is 1920. The molecule has 1 aromatic heterocycles. The van der Waals surface area contributed by atoms with Gasteiger partial charge < -0.3 is 29.0 Å². The number of aromatic hydroxyl groups is 1. The van der Waals surface area contributed by atoms with Gasteiger partial charge in [0.15, 0.2) is 12.5 Å². The molecule has 3 aromatic carbocycles. The minimum atomic E-state index is -1.16. The van der Waals surface area contributed by atoms with Gasteiger partial charge in [-0.05, 0) is 73.1 Å². The number of allylic oxidation sites excluding steroid dienone is 4. The standard InChI is InChI=1S/C32H27Cl2N3O6S/c1-3-35-25-16-23(33)24(34)17-26(25)37(19-42-27-11-8-9-20-15-21(41-2)13-14-22(20)27)29(35)12-7-5-4-6-10-28-31(40)36(18-30(38)39)32(44)43-28/h4-5,7-17,40H,3,18-19H2,1-2H3,(H,38,39). The van der Waals surface area contributed by atoms with E-state index in [-0.39, 0.29) is 23.2 Å². The Hall–Kier alpha value is -4.60. The molecule has 0 amide bonds. The third-order valence-corrected chi connectivity index (χ3v) is 7.84. The minimum absolute atomic E-state index is 0.00613. The lowest BCUT2D eigenvalue weighted by Gasteiger charge is -2.24. The van der Waals surface area contributed by atoms with Crippen molar-refractivity contribution in [1.29, 1.82) is 0 Å². The summed E-state index contributed by atoms with van der Waals surface area (Å²) in [5, 5.41) is 22.0. The summed E-state index contributed by atoms with van der Waals surface area (Å²) in [5.41, 5.74) is 4.62. The Morgan fingerprint density at radius 2 is 1.84 bits per heavy atom. The van der Waals surface area contributed by atoms with Crippen molar-refractivity contribution < 1.29 is 28.9 Å². The Balaban J connectivity index is 1.42. The SMILES string of the molecule is CCN1C(=CC=CC=C=Cc2oc(=S)n(CC(=O)O)c2O)N(COc2cccc3cc(OC)ccc23)c2cc(Cl)c(Cl)cc21. The third-order valence-electron chi connectivity index (χ3n) is 6.82. The summed E-state index contributed by atoms with van der Waals surface area (Å²) in [6, 6.07) is 15.4. The number of hydrogen-bond acceptors (Lipinski definition) is 8. The highest BCUT2D eigenvalue weighted by Crippen LogP contribution is 2.45. The smallest absolute Gasteiger partial charge is 0.323 e. The van der Waals surface area contributed by atoms with Crippen LogP contribution in [0.15, 0.2) is 88.8 Å². The molecule has 0 bridgehead atoms. The van der Waals surface area contributed by atoms with Gasteiger partial charge in [0.25, 0.3) is 4.84 Å². The molecule has 44 heavy (non-hydrogen) atoms. The van der Waals surface area contributed by atoms with Gasteiger partial charge >= 0.3 is 5.97 Å². The van der Waals surface area contributed by atoms with Crippen LogP contribution in [0.5, 0.6) is 17.4 Å². The highest BCUT2D eigenvalue weighted by atomic mass is 35.5. The maximum absolute atomic E-state index is 11.0. The van der Waals surface area contributed by atoms with Gasteiger partial charge in [0.1, 0.15) is 23.9 Å². The molecule has 4 aromatic rings. The van der Waals surface area contributed by atoms with Gasteiger partial charge in [0.2, 0.25) is 5.88 Å². The van der Waals surface area contributed by atoms with E-state index in [1.165, 1.54) is 6.08 Å². The number of benzene rings is 3. The average Bonchev–Trinajstić information content (AvgIpc) is 3.44. The van der Waals surface area contributed by atoms with E-state index in [4.69, 9.17) is 54.4 Å². The summed E-state index contributed by atoms with van der Waals surface area (Å²) in [5.74, 6) is 0.790. The van der Waals surface area contributed by atoms with Gasteiger partial charge in [-0.25, -0.2) is 0 Å². The molecule has 12 heteroatoms. The summed E-state index contributed by atoms with van der Waals surface area (Å²) >= 11 is 17.8. The van der Waals surface area contributed by atoms with Gasteiger partial charge in [-0.3, -0.25) is 14.3 Å². The zero-order chi connectivity index (χ0) is 31.4. The lowest BCUT2D eigenvalue weighted by molar-refractivity contribution is -0.137. The van der Waals surface area contributed by atoms with Gasteiger partial charge in [0, 0.05) is 18.0 Å². The van der Waals surface area contributed by atoms with Crippen LogP contribution in [-0.4, -0.2) is 41.1 Å². The van der Waals surface area contributed by atoms with Crippen LogP contribution in [-0.2, 0) is 11.3 Å². The van der Waals surface area contributed by atoms with Crippen molar-refractivity contribution in [2.24, 2.45) is 0 Å². The molecular weight excluding hydrogens is 625 g/mol. The number of fused-ring (bicyclic) bond motifs is 2. The number of halogens is 2. The Morgan fingerprint density at radius 1 is 1.09 bits per heavy atom. The third kappa shape index (κ3) is 6.34. The van der Waals surface area contributed by atoms with Crippen LogP contribution >= 0.6 is 35.4 Å². The molecule has 2 heterocycles. The first kappa shape index (κ1) is 30.8. The monoisotopic (exact) mass is 651 g/mol. The maximum Gasteiger partial charge on any atom is 0.323 e. The topological polar surface area (TPSA) is 101 Å². The maximum atomic E-state index is 11.0. The average molecular weight is 653 g/mol. The van der Waals surface area contributed by atoms with Crippen LogP contribution < -0.4 is 19.3 Å². The molecule has 0 saturated carbocycles. The molecule has 0 radical (unpaired) electrons. The highest BCUT2D eigenvalue weighted by molar-refractivity contribution is 7.71. The Morgan fingerprint density at radius 3 is 2.55 bits per heavy atom. The number of hydrogen-bond donors (Lipinski definition) is 2. The first-order valence-electron chi connectivity index (χ1n) is 13.4. The number of methoxy groups -OCH3 is 1. The van der Waals surface area contributed by atoms with Gasteiger partial charge in [-0.2, -0.15) is 0 Å². The first-order valence-corrected chi connectivity index (χ1v) is 14.6. The second-order valence-corrected chi connectivity index (χ2v) is 10.6. The number of carboxylic acid groups (broad SMARTS) is 1. The van der Waals surface area contributed by atoms with Crippen LogP contribution in [0.3, 0.4) is 0 Å². The summed E-state index contributed by atoms with van der Waals surface area (Å²) in [7, 11) is 1.64. The molecule has 1 aliphatic rings. The summed E-state index contributed by atoms with van der Waals surface area (Å²) < 4.78 is 18.0. The molecule has 0 unspecified atom stereocenters. The molecule has 2 N–H and O–H groups in total. The lowest BCUT2D eigenvalue weighted by Crippen LogP contribution is -2.31. The number of nitrogens with zero attached hydrogens (tertiary/aromatic N) is 3. The predicted octanol–water partition coefficient (Wildman–Crippen LogP) is 8.02. The van der Waals surface area contributed by atoms with Crippen molar-refractivity contribution in [3.63, 3.8) is 0 Å². The molecule has 0 aliphatic carbocycles. The van der Waals surface area contributed by atoms with E-state index in [0.29, 0.717) is 16.6 Å². The van der Waals surface area contributed by atoms with Crippen LogP contribution in [0.1, 0.15) is 12.7 Å². The van der Waals surface area contributed by atoms with Crippen LogP contribution in [0.2, 0.25) is 10.0 Å². The highest BCUT2D eigenvalue weighted by Gasteiger charge is 2.31. The van der Waals surface area contributed by atoms with E-state index in [2.05, 4.69) is 10.6 Å². The van der Waals surface area contributed by atoms with Crippen LogP contribution in [0.4, 0.5) is 11.4 Å². The second kappa shape index (κ2) is 13.4. The molecule has 9 nitrogen and oxygen atoms in total. The number of aromatic nitrogens is 1. The number of ether oxygens (including phenoxy) is 2. The molecule has 1 aliphatic heterocycles. The molecule has 0 spiro atoms. The number of carbonyl (C=O) groups is 1. The fourth-order valence-corrected chi connectivity index (χ4v) is 5.33. The van der Waals surface area contributed by atoms with Gasteiger partial charge in [-0.1, -0.05) is 47.5 Å². The fourth-order valence-electron chi connectivity index (χ4n) is 4.78. The quantitative estimate of drug-likeness (QED) is 0.100. The number of aliphatic carboxylic acids is 1. The van der Waals surface area contributed by atoms with Gasteiger partial charge in [-0.15, -0.1) is 5.73 Å². The Labute approximate surface area is 268 Å². The van der Waals surface area contributed by atoms with E-state index < -0.39 is 12.5 Å². The van der Waals surface area contributed by atoms with E-state index in [0.717, 1.165) is 44.0 Å². The van der Waals surface area contributed by atoms with Gasteiger partial charge in [0.05, 0.1) is 28.5 Å². The largest absolute Gasteiger partial charge is 0.497 e. The molecule has 0 atom stereocenters. The van der Waals surface area contributed by atoms with Crippen molar-refractivity contribution in [1.82, 2.24) is 4.57 Å². The molecular formula is C32H27Cl2N3O6S.